The second-order valence-corrected chi connectivity index (χ2v) is 9.67. The van der Waals surface area contributed by atoms with E-state index in [1.54, 1.807) is 60.9 Å². The normalized spacial score (nSPS) is 11.6. The number of anilines is 2. The van der Waals surface area contributed by atoms with E-state index >= 15 is 0 Å². The van der Waals surface area contributed by atoms with Crippen LogP contribution >= 0.6 is 11.6 Å². The topological polar surface area (TPSA) is 89.8 Å². The number of halogens is 2. The molecule has 3 aromatic heterocycles. The summed E-state index contributed by atoms with van der Waals surface area (Å²) in [5.74, 6) is -0.315. The van der Waals surface area contributed by atoms with Crippen molar-refractivity contribution >= 4 is 44.2 Å². The van der Waals surface area contributed by atoms with E-state index in [1.165, 1.54) is 18.3 Å². The second kappa shape index (κ2) is 8.85. The first-order chi connectivity index (χ1) is 16.4. The van der Waals surface area contributed by atoms with E-state index in [0.717, 1.165) is 9.54 Å². The summed E-state index contributed by atoms with van der Waals surface area (Å²) in [4.78, 5) is 12.6. The molecule has 7 nitrogen and oxygen atoms in total. The van der Waals surface area contributed by atoms with Crippen LogP contribution in [0.3, 0.4) is 0 Å². The first-order valence-electron chi connectivity index (χ1n) is 10.2. The van der Waals surface area contributed by atoms with Gasteiger partial charge in [-0.05, 0) is 59.1 Å². The average Bonchev–Trinajstić information content (AvgIpc) is 3.22. The van der Waals surface area contributed by atoms with Crippen molar-refractivity contribution < 1.29 is 12.8 Å². The van der Waals surface area contributed by atoms with E-state index in [4.69, 9.17) is 11.6 Å². The molecule has 0 saturated heterocycles. The molecule has 5 rings (SSSR count). The fourth-order valence-corrected chi connectivity index (χ4v) is 5.23. The number of hydrogen-bond donors (Lipinski definition) is 1. The van der Waals surface area contributed by atoms with Crippen molar-refractivity contribution in [3.05, 3.63) is 102 Å². The largest absolute Gasteiger partial charge is 0.339 e. The molecular weight excluding hydrogens is 477 g/mol. The van der Waals surface area contributed by atoms with Crippen LogP contribution in [0, 0.1) is 5.82 Å². The lowest BCUT2D eigenvalue weighted by atomic mass is 10.1. The number of fused-ring (bicyclic) bond motifs is 1. The van der Waals surface area contributed by atoms with Gasteiger partial charge in [-0.1, -0.05) is 30.3 Å². The molecule has 0 atom stereocenters. The zero-order valence-electron chi connectivity index (χ0n) is 17.6. The molecule has 5 aromatic rings. The molecule has 0 unspecified atom stereocenters. The Kier molecular flexibility index (Phi) is 5.72. The molecule has 0 fully saturated rings. The van der Waals surface area contributed by atoms with Gasteiger partial charge in [-0.3, -0.25) is 4.98 Å². The molecule has 0 radical (unpaired) electrons. The summed E-state index contributed by atoms with van der Waals surface area (Å²) < 4.78 is 41.5. The van der Waals surface area contributed by atoms with E-state index in [-0.39, 0.29) is 22.5 Å². The second-order valence-electron chi connectivity index (χ2n) is 7.49. The summed E-state index contributed by atoms with van der Waals surface area (Å²) in [6, 6.07) is 18.1. The standard InChI is InChI=1S/C24H17ClFN5O2S/c25-24-29-22(28-19-8-6-18(26)7-9-19)21-20(17-10-12-27-13-11-17)14-31(23(21)30-24)34(32,33)15-16-4-2-1-3-5-16/h1-14H,15H2,(H,28,29,30). The number of aromatic nitrogens is 4. The highest BCUT2D eigenvalue weighted by Crippen LogP contribution is 2.37. The molecule has 34 heavy (non-hydrogen) atoms. The molecule has 3 heterocycles. The molecule has 10 heteroatoms. The molecule has 170 valence electrons. The fourth-order valence-electron chi connectivity index (χ4n) is 3.65. The number of nitrogens with one attached hydrogen (secondary N) is 1. The van der Waals surface area contributed by atoms with Crippen molar-refractivity contribution in [1.29, 1.82) is 0 Å². The summed E-state index contributed by atoms with van der Waals surface area (Å²) in [6.45, 7) is 0. The molecule has 0 spiro atoms. The molecule has 0 amide bonds. The molecule has 2 aromatic carbocycles. The highest BCUT2D eigenvalue weighted by atomic mass is 35.5. The van der Waals surface area contributed by atoms with Crippen LogP contribution in [0.5, 0.6) is 0 Å². The van der Waals surface area contributed by atoms with Gasteiger partial charge in [0.1, 0.15) is 11.6 Å². The van der Waals surface area contributed by atoms with Gasteiger partial charge in [0.05, 0.1) is 11.1 Å². The van der Waals surface area contributed by atoms with Crippen molar-refractivity contribution in [1.82, 2.24) is 18.9 Å². The molecule has 0 bridgehead atoms. The van der Waals surface area contributed by atoms with Crippen LogP contribution in [0.15, 0.2) is 85.3 Å². The van der Waals surface area contributed by atoms with Crippen LogP contribution in [0.4, 0.5) is 15.9 Å². The van der Waals surface area contributed by atoms with Gasteiger partial charge in [-0.2, -0.15) is 9.97 Å². The Labute approximate surface area is 200 Å². The predicted molar refractivity (Wildman–Crippen MR) is 130 cm³/mol. The summed E-state index contributed by atoms with van der Waals surface area (Å²) >= 11 is 6.21. The van der Waals surface area contributed by atoms with Crippen molar-refractivity contribution in [3.63, 3.8) is 0 Å². The first-order valence-corrected chi connectivity index (χ1v) is 12.2. The molecule has 0 aliphatic rings. The maximum atomic E-state index is 13.5. The fraction of sp³-hybridized carbons (Fsp3) is 0.0417. The zero-order chi connectivity index (χ0) is 23.7. The Balaban J connectivity index is 1.73. The van der Waals surface area contributed by atoms with Gasteiger partial charge in [0, 0.05) is 29.8 Å². The van der Waals surface area contributed by atoms with Gasteiger partial charge in [0.15, 0.2) is 5.65 Å². The van der Waals surface area contributed by atoms with Gasteiger partial charge in [-0.15, -0.1) is 0 Å². The summed E-state index contributed by atoms with van der Waals surface area (Å²) in [5, 5.41) is 3.44. The van der Waals surface area contributed by atoms with E-state index < -0.39 is 10.0 Å². The lowest BCUT2D eigenvalue weighted by Crippen LogP contribution is -2.15. The third kappa shape index (κ3) is 4.35. The molecule has 0 aliphatic carbocycles. The van der Waals surface area contributed by atoms with Gasteiger partial charge in [0.2, 0.25) is 15.3 Å². The van der Waals surface area contributed by atoms with Crippen molar-refractivity contribution in [3.8, 4) is 11.1 Å². The third-order valence-corrected chi connectivity index (χ3v) is 6.92. The summed E-state index contributed by atoms with van der Waals surface area (Å²) in [7, 11) is -3.86. The third-order valence-electron chi connectivity index (χ3n) is 5.18. The number of rotatable bonds is 6. The van der Waals surface area contributed by atoms with E-state index in [9.17, 15) is 12.8 Å². The summed E-state index contributed by atoms with van der Waals surface area (Å²) in [5.41, 5.74) is 2.63. The Morgan fingerprint density at radius 2 is 1.65 bits per heavy atom. The van der Waals surface area contributed by atoms with Crippen LogP contribution < -0.4 is 5.32 Å². The molecule has 0 aliphatic heterocycles. The average molecular weight is 494 g/mol. The minimum absolute atomic E-state index is 0.132. The van der Waals surface area contributed by atoms with Crippen LogP contribution in [-0.4, -0.2) is 27.3 Å². The minimum Gasteiger partial charge on any atom is -0.339 e. The van der Waals surface area contributed by atoms with E-state index in [1.807, 2.05) is 6.07 Å². The number of nitrogens with zero attached hydrogens (tertiary/aromatic N) is 4. The van der Waals surface area contributed by atoms with Crippen LogP contribution in [0.1, 0.15) is 5.56 Å². The smallest absolute Gasteiger partial charge is 0.244 e. The molecule has 1 N–H and O–H groups in total. The van der Waals surface area contributed by atoms with E-state index in [0.29, 0.717) is 28.0 Å². The first kappa shape index (κ1) is 22.0. The monoisotopic (exact) mass is 493 g/mol. The maximum absolute atomic E-state index is 13.5. The molecule has 0 saturated carbocycles. The van der Waals surface area contributed by atoms with Crippen molar-refractivity contribution in [2.45, 2.75) is 5.75 Å². The highest BCUT2D eigenvalue weighted by Gasteiger charge is 2.25. The SMILES string of the molecule is O=S(=O)(Cc1ccccc1)n1cc(-c2ccncc2)c2c(Nc3ccc(F)cc3)nc(Cl)nc21. The quantitative estimate of drug-likeness (QED) is 0.318. The zero-order valence-corrected chi connectivity index (χ0v) is 19.1. The van der Waals surface area contributed by atoms with Gasteiger partial charge in [-0.25, -0.2) is 16.8 Å². The van der Waals surface area contributed by atoms with Gasteiger partial charge >= 0.3 is 0 Å². The number of benzene rings is 2. The van der Waals surface area contributed by atoms with Gasteiger partial charge in [0.25, 0.3) is 0 Å². The predicted octanol–water partition coefficient (Wildman–Crippen LogP) is 5.41. The summed E-state index contributed by atoms with van der Waals surface area (Å²) in [6.07, 6.45) is 4.74. The Morgan fingerprint density at radius 1 is 0.941 bits per heavy atom. The Hall–Kier alpha value is -3.82. The van der Waals surface area contributed by atoms with Crippen molar-refractivity contribution in [2.24, 2.45) is 0 Å². The van der Waals surface area contributed by atoms with Gasteiger partial charge < -0.3 is 5.32 Å². The van der Waals surface area contributed by atoms with Crippen molar-refractivity contribution in [2.75, 3.05) is 5.32 Å². The van der Waals surface area contributed by atoms with Crippen LogP contribution in [-0.2, 0) is 15.8 Å². The Bertz CT molecular complexity index is 1580. The maximum Gasteiger partial charge on any atom is 0.244 e. The minimum atomic E-state index is -3.86. The Morgan fingerprint density at radius 3 is 2.35 bits per heavy atom. The number of hydrogen-bond acceptors (Lipinski definition) is 6. The van der Waals surface area contributed by atoms with Crippen LogP contribution in [0.25, 0.3) is 22.2 Å². The lowest BCUT2D eigenvalue weighted by Gasteiger charge is -2.10. The number of pyridine rings is 1. The highest BCUT2D eigenvalue weighted by molar-refractivity contribution is 7.89. The molecular formula is C24H17ClFN5O2S. The van der Waals surface area contributed by atoms with E-state index in [2.05, 4.69) is 20.3 Å². The van der Waals surface area contributed by atoms with Crippen LogP contribution in [0.2, 0.25) is 5.28 Å². The lowest BCUT2D eigenvalue weighted by molar-refractivity contribution is 0.588.